The Bertz CT molecular complexity index is 624. The van der Waals surface area contributed by atoms with Crippen molar-refractivity contribution in [2.45, 2.75) is 29.6 Å². The molecule has 2 rings (SSSR count). The number of aliphatic carboxylic acids is 1. The van der Waals surface area contributed by atoms with Crippen LogP contribution in [0.5, 0.6) is 0 Å². The number of nitroso groups, excluding NO2 is 1. The van der Waals surface area contributed by atoms with Crippen LogP contribution in [0.3, 0.4) is 0 Å². The molecule has 2 N–H and O–H groups in total. The van der Waals surface area contributed by atoms with Gasteiger partial charge in [-0.2, -0.15) is 0 Å². The minimum atomic E-state index is -1.74. The first-order chi connectivity index (χ1) is 10.8. The van der Waals surface area contributed by atoms with E-state index in [1.165, 1.54) is 17.8 Å². The summed E-state index contributed by atoms with van der Waals surface area (Å²) in [7, 11) is 0. The molecule has 0 aliphatic carbocycles. The van der Waals surface area contributed by atoms with E-state index >= 15 is 0 Å². The van der Waals surface area contributed by atoms with Gasteiger partial charge in [0.05, 0.1) is 5.33 Å². The van der Waals surface area contributed by atoms with Crippen molar-refractivity contribution in [3.63, 3.8) is 0 Å². The topological polar surface area (TPSA) is 133 Å². The summed E-state index contributed by atoms with van der Waals surface area (Å²) in [6, 6.07) is -2.73. The molecule has 124 valence electrons. The van der Waals surface area contributed by atoms with Crippen molar-refractivity contribution < 1.29 is 24.3 Å². The largest absolute Gasteiger partial charge is 0.477 e. The van der Waals surface area contributed by atoms with Crippen LogP contribution in [0.4, 0.5) is 0 Å². The summed E-state index contributed by atoms with van der Waals surface area (Å²) < 4.78 is 0. The first-order valence-corrected chi connectivity index (χ1v) is 8.53. The molecule has 2 amide bonds. The first-order valence-electron chi connectivity index (χ1n) is 6.47. The van der Waals surface area contributed by atoms with Crippen molar-refractivity contribution in [2.24, 2.45) is 5.18 Å². The summed E-state index contributed by atoms with van der Waals surface area (Å²) in [6.45, 7) is 1.76. The molecule has 3 unspecified atom stereocenters. The SMILES string of the molecule is CC1C=C(C(=O)O)N2C(=O)C(NC(=O)C(N=O)C(=O)CBr)[C@@H]2S1. The van der Waals surface area contributed by atoms with E-state index in [-0.39, 0.29) is 16.3 Å². The van der Waals surface area contributed by atoms with Gasteiger partial charge in [-0.05, 0) is 18.2 Å². The van der Waals surface area contributed by atoms with E-state index in [9.17, 15) is 24.1 Å². The molecule has 1 saturated heterocycles. The molecule has 2 heterocycles. The predicted molar refractivity (Wildman–Crippen MR) is 83.7 cm³/mol. The Balaban J connectivity index is 2.13. The number of rotatable bonds is 6. The summed E-state index contributed by atoms with van der Waals surface area (Å²) in [6.07, 6.45) is 1.45. The van der Waals surface area contributed by atoms with Crippen LogP contribution in [0.25, 0.3) is 0 Å². The number of ketones is 1. The minimum Gasteiger partial charge on any atom is -0.477 e. The molecule has 0 spiro atoms. The number of nitrogens with one attached hydrogen (secondary N) is 1. The number of alkyl halides is 1. The maximum absolute atomic E-state index is 12.1. The van der Waals surface area contributed by atoms with Crippen molar-refractivity contribution in [1.29, 1.82) is 0 Å². The van der Waals surface area contributed by atoms with Gasteiger partial charge in [-0.1, -0.05) is 15.9 Å². The molecular formula is C12H12BrN3O6S. The number of halogens is 1. The smallest absolute Gasteiger partial charge is 0.352 e. The highest BCUT2D eigenvalue weighted by Gasteiger charge is 2.54. The highest BCUT2D eigenvalue weighted by Crippen LogP contribution is 2.40. The van der Waals surface area contributed by atoms with Gasteiger partial charge in [0.1, 0.15) is 17.1 Å². The van der Waals surface area contributed by atoms with E-state index in [1.807, 2.05) is 0 Å². The van der Waals surface area contributed by atoms with Crippen LogP contribution in [-0.2, 0) is 19.2 Å². The van der Waals surface area contributed by atoms with Crippen LogP contribution in [0.2, 0.25) is 0 Å². The highest BCUT2D eigenvalue weighted by atomic mass is 79.9. The molecular weight excluding hydrogens is 394 g/mol. The fraction of sp³-hybridized carbons (Fsp3) is 0.500. The monoisotopic (exact) mass is 405 g/mol. The second kappa shape index (κ2) is 6.79. The Morgan fingerprint density at radius 2 is 2.17 bits per heavy atom. The zero-order chi connectivity index (χ0) is 17.3. The lowest BCUT2D eigenvalue weighted by Gasteiger charge is -2.49. The molecule has 1 fully saturated rings. The third kappa shape index (κ3) is 3.15. The molecule has 0 aromatic carbocycles. The predicted octanol–water partition coefficient (Wildman–Crippen LogP) is -0.158. The Hall–Kier alpha value is -1.75. The van der Waals surface area contributed by atoms with Gasteiger partial charge in [0.2, 0.25) is 6.04 Å². The summed E-state index contributed by atoms with van der Waals surface area (Å²) >= 11 is 4.13. The van der Waals surface area contributed by atoms with Crippen LogP contribution >= 0.6 is 27.7 Å². The van der Waals surface area contributed by atoms with Gasteiger partial charge in [0.15, 0.2) is 5.78 Å². The number of β-lactam (4-membered cyclic amide) rings is 1. The molecule has 23 heavy (non-hydrogen) atoms. The molecule has 11 heteroatoms. The van der Waals surface area contributed by atoms with E-state index in [0.717, 1.165) is 4.90 Å². The molecule has 0 bridgehead atoms. The second-order valence-corrected chi connectivity index (χ2v) is 6.95. The maximum atomic E-state index is 12.1. The summed E-state index contributed by atoms with van der Waals surface area (Å²) in [5, 5.41) is 12.9. The van der Waals surface area contributed by atoms with Gasteiger partial charge in [-0.3, -0.25) is 19.3 Å². The number of carbonyl (C=O) groups excluding carboxylic acids is 3. The van der Waals surface area contributed by atoms with Crippen LogP contribution in [0, 0.1) is 4.91 Å². The standard InChI is InChI=1S/C12H12BrN3O6S/c1-4-2-5(12(20)21)16-10(19)8(11(16)23-4)14-9(18)7(15-22)6(17)3-13/h2,4,7-8,11H,3H2,1H3,(H,14,18)(H,20,21)/t4?,7?,8?,11-/m0/s1. The van der Waals surface area contributed by atoms with Crippen molar-refractivity contribution >= 4 is 51.3 Å². The fourth-order valence-electron chi connectivity index (χ4n) is 2.29. The average Bonchev–Trinajstić information content (AvgIpc) is 2.51. The number of Topliss-reactive ketones (excluding diaryl/α,β-unsaturated/α-hetero) is 1. The summed E-state index contributed by atoms with van der Waals surface area (Å²) in [4.78, 5) is 58.4. The average molecular weight is 406 g/mol. The number of carboxylic acid groups (broad SMARTS) is 1. The van der Waals surface area contributed by atoms with Gasteiger partial charge in [0.25, 0.3) is 11.8 Å². The number of nitrogens with zero attached hydrogens (tertiary/aromatic N) is 2. The van der Waals surface area contributed by atoms with Gasteiger partial charge in [-0.15, -0.1) is 16.7 Å². The first kappa shape index (κ1) is 17.6. The number of carboxylic acids is 1. The van der Waals surface area contributed by atoms with Crippen molar-refractivity contribution in [2.75, 3.05) is 5.33 Å². The zero-order valence-corrected chi connectivity index (χ0v) is 14.2. The lowest BCUT2D eigenvalue weighted by atomic mass is 10.0. The Kier molecular flexibility index (Phi) is 5.19. The van der Waals surface area contributed by atoms with Crippen molar-refractivity contribution in [1.82, 2.24) is 10.2 Å². The number of thioether (sulfide) groups is 1. The maximum Gasteiger partial charge on any atom is 0.352 e. The molecule has 0 radical (unpaired) electrons. The number of amides is 2. The number of hydrogen-bond acceptors (Lipinski definition) is 7. The molecule has 9 nitrogen and oxygen atoms in total. The quantitative estimate of drug-likeness (QED) is 0.271. The molecule has 2 aliphatic heterocycles. The lowest BCUT2D eigenvalue weighted by molar-refractivity contribution is -0.151. The second-order valence-electron chi connectivity index (χ2n) is 4.89. The van der Waals surface area contributed by atoms with E-state index in [0.29, 0.717) is 0 Å². The van der Waals surface area contributed by atoms with Gasteiger partial charge < -0.3 is 10.4 Å². The number of carbonyl (C=O) groups is 4. The molecule has 0 aromatic heterocycles. The molecule has 2 aliphatic rings. The summed E-state index contributed by atoms with van der Waals surface area (Å²) in [5.74, 6) is -3.53. The van der Waals surface area contributed by atoms with Crippen LogP contribution in [0.1, 0.15) is 6.92 Å². The van der Waals surface area contributed by atoms with Gasteiger partial charge in [0, 0.05) is 5.25 Å². The fourth-order valence-corrected chi connectivity index (χ4v) is 3.92. The van der Waals surface area contributed by atoms with E-state index in [1.54, 1.807) is 6.92 Å². The molecule has 0 saturated carbocycles. The molecule has 4 atom stereocenters. The summed E-state index contributed by atoms with van der Waals surface area (Å²) in [5.41, 5.74) is -0.140. The van der Waals surface area contributed by atoms with E-state index in [4.69, 9.17) is 5.11 Å². The van der Waals surface area contributed by atoms with Gasteiger partial charge >= 0.3 is 5.97 Å². The van der Waals surface area contributed by atoms with Gasteiger partial charge in [-0.25, -0.2) is 4.79 Å². The zero-order valence-electron chi connectivity index (χ0n) is 11.8. The van der Waals surface area contributed by atoms with Crippen molar-refractivity contribution in [3.05, 3.63) is 16.7 Å². The number of hydrogen-bond donors (Lipinski definition) is 2. The third-order valence-corrected chi connectivity index (χ3v) is 5.24. The Labute approximate surface area is 142 Å². The van der Waals surface area contributed by atoms with Crippen LogP contribution in [-0.4, -0.2) is 61.6 Å². The molecule has 0 aromatic rings. The van der Waals surface area contributed by atoms with E-state index in [2.05, 4.69) is 26.4 Å². The third-order valence-electron chi connectivity index (χ3n) is 3.36. The van der Waals surface area contributed by atoms with Crippen LogP contribution in [0.15, 0.2) is 16.9 Å². The Morgan fingerprint density at radius 3 is 2.70 bits per heavy atom. The highest BCUT2D eigenvalue weighted by molar-refractivity contribution is 9.09. The van der Waals surface area contributed by atoms with Crippen LogP contribution < -0.4 is 5.32 Å². The Morgan fingerprint density at radius 1 is 1.52 bits per heavy atom. The van der Waals surface area contributed by atoms with E-state index < -0.39 is 41.0 Å². The minimum absolute atomic E-state index is 0.140. The number of fused-ring (bicyclic) bond motifs is 1. The van der Waals surface area contributed by atoms with Crippen molar-refractivity contribution in [3.8, 4) is 0 Å². The normalized spacial score (nSPS) is 27.2. The lowest BCUT2D eigenvalue weighted by Crippen LogP contribution is -2.71.